The second kappa shape index (κ2) is 4.78. The zero-order valence-electron chi connectivity index (χ0n) is 8.72. The smallest absolute Gasteiger partial charge is 0.221 e. The first-order valence-electron chi connectivity index (χ1n) is 5.87. The molecule has 3 nitrogen and oxygen atoms in total. The van der Waals surface area contributed by atoms with E-state index < -0.39 is 0 Å². The summed E-state index contributed by atoms with van der Waals surface area (Å²) in [5.41, 5.74) is 0. The van der Waals surface area contributed by atoms with Crippen molar-refractivity contribution in [1.29, 1.82) is 0 Å². The molecule has 2 N–H and O–H groups in total. The van der Waals surface area contributed by atoms with Crippen LogP contribution in [0.3, 0.4) is 0 Å². The fraction of sp³-hybridized carbons (Fsp3) is 0.909. The highest BCUT2D eigenvalue weighted by atomic mass is 16.1. The van der Waals surface area contributed by atoms with Crippen molar-refractivity contribution >= 4 is 5.91 Å². The van der Waals surface area contributed by atoms with Crippen molar-refractivity contribution in [3.05, 3.63) is 0 Å². The molecule has 0 aromatic rings. The van der Waals surface area contributed by atoms with Crippen molar-refractivity contribution in [2.75, 3.05) is 6.54 Å². The number of rotatable bonds is 2. The molecule has 2 fully saturated rings. The topological polar surface area (TPSA) is 41.1 Å². The van der Waals surface area contributed by atoms with Gasteiger partial charge >= 0.3 is 0 Å². The first-order valence-corrected chi connectivity index (χ1v) is 5.87. The Kier molecular flexibility index (Phi) is 3.40. The number of hydrogen-bond acceptors (Lipinski definition) is 2. The molecule has 0 bridgehead atoms. The fourth-order valence-electron chi connectivity index (χ4n) is 2.50. The van der Waals surface area contributed by atoms with Gasteiger partial charge in [-0.15, -0.1) is 0 Å². The number of carbonyl (C=O) groups is 1. The summed E-state index contributed by atoms with van der Waals surface area (Å²) in [5, 5.41) is 6.48. The molecular weight excluding hydrogens is 176 g/mol. The van der Waals surface area contributed by atoms with E-state index in [1.165, 1.54) is 38.5 Å². The molecular formula is C11H20N2O. The Balaban J connectivity index is 1.75. The number of hydrogen-bond donors (Lipinski definition) is 2. The van der Waals surface area contributed by atoms with Crippen LogP contribution in [0.15, 0.2) is 0 Å². The Morgan fingerprint density at radius 1 is 1.07 bits per heavy atom. The number of nitrogens with one attached hydrogen (secondary N) is 2. The fourth-order valence-corrected chi connectivity index (χ4v) is 2.50. The molecule has 14 heavy (non-hydrogen) atoms. The molecule has 1 atom stereocenters. The van der Waals surface area contributed by atoms with E-state index in [0.29, 0.717) is 18.5 Å². The Bertz CT molecular complexity index is 197. The molecule has 80 valence electrons. The van der Waals surface area contributed by atoms with Crippen LogP contribution in [0, 0.1) is 0 Å². The lowest BCUT2D eigenvalue weighted by molar-refractivity contribution is -0.119. The van der Waals surface area contributed by atoms with Crippen LogP contribution < -0.4 is 10.6 Å². The van der Waals surface area contributed by atoms with Gasteiger partial charge in [0.15, 0.2) is 0 Å². The molecule has 1 heterocycles. The van der Waals surface area contributed by atoms with Crippen molar-refractivity contribution in [2.24, 2.45) is 0 Å². The van der Waals surface area contributed by atoms with Gasteiger partial charge in [0.25, 0.3) is 0 Å². The first-order chi connectivity index (χ1) is 6.84. The van der Waals surface area contributed by atoms with Crippen LogP contribution in [0.2, 0.25) is 0 Å². The van der Waals surface area contributed by atoms with E-state index >= 15 is 0 Å². The van der Waals surface area contributed by atoms with Crippen molar-refractivity contribution < 1.29 is 4.79 Å². The third kappa shape index (κ3) is 2.71. The minimum absolute atomic E-state index is 0.205. The van der Waals surface area contributed by atoms with Gasteiger partial charge in [-0.25, -0.2) is 0 Å². The zero-order chi connectivity index (χ0) is 9.80. The maximum Gasteiger partial charge on any atom is 0.221 e. The standard InChI is InChI=1S/C11H20N2O/c14-11-7-10(8-12-11)13-9-5-3-1-2-4-6-9/h9-10,13H,1-8H2,(H,12,14). The summed E-state index contributed by atoms with van der Waals surface area (Å²) in [6, 6.07) is 1.06. The summed E-state index contributed by atoms with van der Waals surface area (Å²) in [6.07, 6.45) is 8.75. The molecule has 1 saturated heterocycles. The molecule has 0 aromatic carbocycles. The van der Waals surface area contributed by atoms with E-state index in [2.05, 4.69) is 10.6 Å². The highest BCUT2D eigenvalue weighted by molar-refractivity contribution is 5.78. The van der Waals surface area contributed by atoms with Gasteiger partial charge in [0.05, 0.1) is 0 Å². The monoisotopic (exact) mass is 196 g/mol. The summed E-state index contributed by atoms with van der Waals surface area (Å²) in [4.78, 5) is 11.0. The molecule has 0 spiro atoms. The van der Waals surface area contributed by atoms with Crippen LogP contribution in [0.5, 0.6) is 0 Å². The minimum Gasteiger partial charge on any atom is -0.354 e. The summed E-state index contributed by atoms with van der Waals surface area (Å²) in [5.74, 6) is 0.205. The highest BCUT2D eigenvalue weighted by Crippen LogP contribution is 2.18. The second-order valence-corrected chi connectivity index (χ2v) is 4.56. The lowest BCUT2D eigenvalue weighted by Gasteiger charge is -2.20. The molecule has 2 rings (SSSR count). The molecule has 1 unspecified atom stereocenters. The summed E-state index contributed by atoms with van der Waals surface area (Å²) < 4.78 is 0. The molecule has 1 aliphatic carbocycles. The van der Waals surface area contributed by atoms with Crippen LogP contribution >= 0.6 is 0 Å². The van der Waals surface area contributed by atoms with Crippen molar-refractivity contribution in [1.82, 2.24) is 10.6 Å². The normalized spacial score (nSPS) is 30.0. The molecule has 2 aliphatic rings. The van der Waals surface area contributed by atoms with Crippen LogP contribution in [0.4, 0.5) is 0 Å². The van der Waals surface area contributed by atoms with Crippen LogP contribution in [-0.4, -0.2) is 24.5 Å². The predicted octanol–water partition coefficient (Wildman–Crippen LogP) is 1.19. The average Bonchev–Trinajstić information content (AvgIpc) is 2.43. The van der Waals surface area contributed by atoms with Gasteiger partial charge in [-0.2, -0.15) is 0 Å². The summed E-state index contributed by atoms with van der Waals surface area (Å²) >= 11 is 0. The average molecular weight is 196 g/mol. The predicted molar refractivity (Wildman–Crippen MR) is 56.0 cm³/mol. The van der Waals surface area contributed by atoms with E-state index in [1.54, 1.807) is 0 Å². The van der Waals surface area contributed by atoms with E-state index in [9.17, 15) is 4.79 Å². The van der Waals surface area contributed by atoms with Crippen molar-refractivity contribution in [3.63, 3.8) is 0 Å². The van der Waals surface area contributed by atoms with Crippen LogP contribution in [0.1, 0.15) is 44.9 Å². The lowest BCUT2D eigenvalue weighted by Crippen LogP contribution is -2.39. The van der Waals surface area contributed by atoms with Crippen molar-refractivity contribution in [3.8, 4) is 0 Å². The van der Waals surface area contributed by atoms with Gasteiger partial charge in [0.2, 0.25) is 5.91 Å². The molecule has 1 saturated carbocycles. The number of carbonyl (C=O) groups excluding carboxylic acids is 1. The van der Waals surface area contributed by atoms with E-state index in [-0.39, 0.29) is 5.91 Å². The molecule has 3 heteroatoms. The van der Waals surface area contributed by atoms with E-state index in [4.69, 9.17) is 0 Å². The molecule has 0 aromatic heterocycles. The van der Waals surface area contributed by atoms with Gasteiger partial charge in [0, 0.05) is 25.0 Å². The maximum atomic E-state index is 11.0. The number of amides is 1. The SMILES string of the molecule is O=C1CC(NC2CCCCCC2)CN1. The summed E-state index contributed by atoms with van der Waals surface area (Å²) in [7, 11) is 0. The van der Waals surface area contributed by atoms with Gasteiger partial charge in [-0.05, 0) is 12.8 Å². The van der Waals surface area contributed by atoms with Crippen LogP contribution in [-0.2, 0) is 4.79 Å². The third-order valence-electron chi connectivity index (χ3n) is 3.30. The summed E-state index contributed by atoms with van der Waals surface area (Å²) in [6.45, 7) is 0.829. The Labute approximate surface area is 85.6 Å². The molecule has 1 amide bonds. The Morgan fingerprint density at radius 2 is 1.79 bits per heavy atom. The Morgan fingerprint density at radius 3 is 2.36 bits per heavy atom. The lowest BCUT2D eigenvalue weighted by atomic mass is 10.1. The van der Waals surface area contributed by atoms with Gasteiger partial charge in [-0.3, -0.25) is 4.79 Å². The van der Waals surface area contributed by atoms with Gasteiger partial charge < -0.3 is 10.6 Å². The maximum absolute atomic E-state index is 11.0. The molecule has 1 aliphatic heterocycles. The highest BCUT2D eigenvalue weighted by Gasteiger charge is 2.23. The zero-order valence-corrected chi connectivity index (χ0v) is 8.72. The largest absolute Gasteiger partial charge is 0.354 e. The Hall–Kier alpha value is -0.570. The van der Waals surface area contributed by atoms with E-state index in [1.807, 2.05) is 0 Å². The van der Waals surface area contributed by atoms with Gasteiger partial charge in [-0.1, -0.05) is 25.7 Å². The molecule has 0 radical (unpaired) electrons. The van der Waals surface area contributed by atoms with Crippen LogP contribution in [0.25, 0.3) is 0 Å². The minimum atomic E-state index is 0.205. The first kappa shape index (κ1) is 9.97. The van der Waals surface area contributed by atoms with Crippen molar-refractivity contribution in [2.45, 2.75) is 57.0 Å². The van der Waals surface area contributed by atoms with E-state index in [0.717, 1.165) is 6.54 Å². The quantitative estimate of drug-likeness (QED) is 0.651. The van der Waals surface area contributed by atoms with Gasteiger partial charge in [0.1, 0.15) is 0 Å². The third-order valence-corrected chi connectivity index (χ3v) is 3.30. The second-order valence-electron chi connectivity index (χ2n) is 4.56.